The van der Waals surface area contributed by atoms with E-state index >= 15 is 0 Å². The van der Waals surface area contributed by atoms with Crippen molar-refractivity contribution in [1.82, 2.24) is 0 Å². The van der Waals surface area contributed by atoms with E-state index in [1.54, 1.807) is 18.9 Å². The Kier molecular flexibility index (Phi) is 4.26. The van der Waals surface area contributed by atoms with Crippen LogP contribution in [-0.2, 0) is 0 Å². The third-order valence-electron chi connectivity index (χ3n) is 2.69. The van der Waals surface area contributed by atoms with E-state index in [-0.39, 0.29) is 11.1 Å². The summed E-state index contributed by atoms with van der Waals surface area (Å²) in [5.41, 5.74) is 1.12. The van der Waals surface area contributed by atoms with Gasteiger partial charge >= 0.3 is 0 Å². The fraction of sp³-hybridized carbons (Fsp3) is 0.200. The third kappa shape index (κ3) is 3.26. The molecule has 2 aromatic rings. The number of hydrogen-bond donors (Lipinski definition) is 0. The number of hydrogen-bond acceptors (Lipinski definition) is 2. The van der Waals surface area contributed by atoms with Crippen LogP contribution < -0.4 is 4.74 Å². The van der Waals surface area contributed by atoms with Gasteiger partial charge in [-0.25, -0.2) is 4.39 Å². The lowest BCUT2D eigenvalue weighted by atomic mass is 10.2. The molecule has 1 atom stereocenters. The zero-order valence-electron chi connectivity index (χ0n) is 10.4. The van der Waals surface area contributed by atoms with Crippen molar-refractivity contribution in [3.05, 3.63) is 59.9 Å². The minimum atomic E-state index is -0.197. The molecule has 94 valence electrons. The molecule has 0 heterocycles. The second-order valence-corrected chi connectivity index (χ2v) is 5.40. The van der Waals surface area contributed by atoms with Crippen LogP contribution >= 0.6 is 11.8 Å². The Hall–Kier alpha value is -1.48. The maximum absolute atomic E-state index is 12.9. The van der Waals surface area contributed by atoms with E-state index in [9.17, 15) is 4.39 Å². The predicted octanol–water partition coefficient (Wildman–Crippen LogP) is 4.69. The van der Waals surface area contributed by atoms with Crippen LogP contribution in [0.25, 0.3) is 0 Å². The quantitative estimate of drug-likeness (QED) is 0.739. The van der Waals surface area contributed by atoms with Gasteiger partial charge in [0.2, 0.25) is 0 Å². The molecule has 0 fully saturated rings. The number of methoxy groups -OCH3 is 1. The molecule has 0 bridgehead atoms. The first-order valence-corrected chi connectivity index (χ1v) is 6.63. The van der Waals surface area contributed by atoms with Crippen molar-refractivity contribution >= 4 is 11.8 Å². The standard InChI is InChI=1S/C15H15FOS/c1-11(12-6-8-13(16)9-7-12)18-15-5-3-4-14(10-15)17-2/h3-11H,1-2H3. The van der Waals surface area contributed by atoms with Crippen LogP contribution in [0.5, 0.6) is 5.75 Å². The summed E-state index contributed by atoms with van der Waals surface area (Å²) in [5, 5.41) is 0.276. The summed E-state index contributed by atoms with van der Waals surface area (Å²) in [6.45, 7) is 2.11. The van der Waals surface area contributed by atoms with Gasteiger partial charge in [0.25, 0.3) is 0 Å². The van der Waals surface area contributed by atoms with Gasteiger partial charge < -0.3 is 4.74 Å². The first kappa shape index (κ1) is 13.0. The summed E-state index contributed by atoms with van der Waals surface area (Å²) in [7, 11) is 1.66. The fourth-order valence-electron chi connectivity index (χ4n) is 1.68. The lowest BCUT2D eigenvalue weighted by molar-refractivity contribution is 0.413. The maximum Gasteiger partial charge on any atom is 0.123 e. The van der Waals surface area contributed by atoms with Gasteiger partial charge in [0.1, 0.15) is 11.6 Å². The molecule has 0 N–H and O–H groups in total. The fourth-order valence-corrected chi connectivity index (χ4v) is 2.72. The SMILES string of the molecule is COc1cccc(SC(C)c2ccc(F)cc2)c1. The highest BCUT2D eigenvalue weighted by Crippen LogP contribution is 2.35. The minimum Gasteiger partial charge on any atom is -0.497 e. The van der Waals surface area contributed by atoms with Crippen LogP contribution in [0.3, 0.4) is 0 Å². The Morgan fingerprint density at radius 1 is 1.11 bits per heavy atom. The molecule has 0 aliphatic heterocycles. The molecule has 1 nitrogen and oxygen atoms in total. The molecule has 0 aliphatic rings. The molecule has 0 saturated carbocycles. The van der Waals surface area contributed by atoms with Crippen LogP contribution in [0.15, 0.2) is 53.4 Å². The van der Waals surface area contributed by atoms with E-state index in [2.05, 4.69) is 6.92 Å². The molecule has 2 aromatic carbocycles. The molecular formula is C15H15FOS. The average Bonchev–Trinajstić information content (AvgIpc) is 2.39. The summed E-state index contributed by atoms with van der Waals surface area (Å²) in [5.74, 6) is 0.656. The van der Waals surface area contributed by atoms with Gasteiger partial charge in [-0.3, -0.25) is 0 Å². The summed E-state index contributed by atoms with van der Waals surface area (Å²) in [4.78, 5) is 1.14. The lowest BCUT2D eigenvalue weighted by Gasteiger charge is -2.12. The van der Waals surface area contributed by atoms with Crippen LogP contribution in [-0.4, -0.2) is 7.11 Å². The first-order chi connectivity index (χ1) is 8.69. The Bertz CT molecular complexity index is 510. The van der Waals surface area contributed by atoms with Gasteiger partial charge in [-0.15, -0.1) is 11.8 Å². The summed E-state index contributed by atoms with van der Waals surface area (Å²) < 4.78 is 18.0. The van der Waals surface area contributed by atoms with Gasteiger partial charge in [-0.2, -0.15) is 0 Å². The summed E-state index contributed by atoms with van der Waals surface area (Å²) in [6.07, 6.45) is 0. The molecule has 1 unspecified atom stereocenters. The second-order valence-electron chi connectivity index (χ2n) is 3.99. The highest BCUT2D eigenvalue weighted by molar-refractivity contribution is 7.99. The molecular weight excluding hydrogens is 247 g/mol. The van der Waals surface area contributed by atoms with E-state index < -0.39 is 0 Å². The van der Waals surface area contributed by atoms with Crippen molar-refractivity contribution in [3.8, 4) is 5.75 Å². The van der Waals surface area contributed by atoms with E-state index in [0.29, 0.717) is 0 Å². The second kappa shape index (κ2) is 5.91. The Labute approximate surface area is 111 Å². The normalized spacial score (nSPS) is 12.2. The highest BCUT2D eigenvalue weighted by atomic mass is 32.2. The largest absolute Gasteiger partial charge is 0.497 e. The zero-order chi connectivity index (χ0) is 13.0. The number of ether oxygens (including phenoxy) is 1. The average molecular weight is 262 g/mol. The molecule has 3 heteroatoms. The number of benzene rings is 2. The van der Waals surface area contributed by atoms with Crippen molar-refractivity contribution in [1.29, 1.82) is 0 Å². The smallest absolute Gasteiger partial charge is 0.123 e. The third-order valence-corrected chi connectivity index (χ3v) is 3.85. The molecule has 0 spiro atoms. The summed E-state index contributed by atoms with van der Waals surface area (Å²) >= 11 is 1.73. The van der Waals surface area contributed by atoms with Crippen LogP contribution in [0, 0.1) is 5.82 Å². The Morgan fingerprint density at radius 3 is 2.50 bits per heavy atom. The van der Waals surface area contributed by atoms with Crippen LogP contribution in [0.4, 0.5) is 4.39 Å². The number of thioether (sulfide) groups is 1. The number of rotatable bonds is 4. The Morgan fingerprint density at radius 2 is 1.83 bits per heavy atom. The van der Waals surface area contributed by atoms with Crippen LogP contribution in [0.2, 0.25) is 0 Å². The van der Waals surface area contributed by atoms with Crippen molar-refractivity contribution in [2.75, 3.05) is 7.11 Å². The van der Waals surface area contributed by atoms with E-state index in [4.69, 9.17) is 4.74 Å². The minimum absolute atomic E-state index is 0.197. The van der Waals surface area contributed by atoms with Gasteiger partial charge in [0.05, 0.1) is 7.11 Å². The van der Waals surface area contributed by atoms with Crippen molar-refractivity contribution < 1.29 is 9.13 Å². The molecule has 18 heavy (non-hydrogen) atoms. The van der Waals surface area contributed by atoms with Gasteiger partial charge in [-0.1, -0.05) is 18.2 Å². The molecule has 0 saturated heterocycles. The zero-order valence-corrected chi connectivity index (χ0v) is 11.2. The molecule has 0 aliphatic carbocycles. The molecule has 0 aromatic heterocycles. The van der Waals surface area contributed by atoms with E-state index in [1.807, 2.05) is 36.4 Å². The first-order valence-electron chi connectivity index (χ1n) is 5.75. The highest BCUT2D eigenvalue weighted by Gasteiger charge is 2.08. The monoisotopic (exact) mass is 262 g/mol. The topological polar surface area (TPSA) is 9.23 Å². The van der Waals surface area contributed by atoms with E-state index in [1.165, 1.54) is 12.1 Å². The van der Waals surface area contributed by atoms with Crippen LogP contribution in [0.1, 0.15) is 17.7 Å². The predicted molar refractivity (Wildman–Crippen MR) is 73.7 cm³/mol. The molecule has 2 rings (SSSR count). The lowest BCUT2D eigenvalue weighted by Crippen LogP contribution is -1.89. The Balaban J connectivity index is 2.10. The van der Waals surface area contributed by atoms with Crippen molar-refractivity contribution in [2.45, 2.75) is 17.1 Å². The van der Waals surface area contributed by atoms with Gasteiger partial charge in [0, 0.05) is 10.1 Å². The molecule has 0 amide bonds. The molecule has 0 radical (unpaired) electrons. The van der Waals surface area contributed by atoms with E-state index in [0.717, 1.165) is 16.2 Å². The maximum atomic E-state index is 12.9. The van der Waals surface area contributed by atoms with Crippen molar-refractivity contribution in [3.63, 3.8) is 0 Å². The van der Waals surface area contributed by atoms with Gasteiger partial charge in [0.15, 0.2) is 0 Å². The summed E-state index contributed by atoms with van der Waals surface area (Å²) in [6, 6.07) is 14.6. The van der Waals surface area contributed by atoms with Crippen molar-refractivity contribution in [2.24, 2.45) is 0 Å². The number of halogens is 1. The van der Waals surface area contributed by atoms with Gasteiger partial charge in [-0.05, 0) is 42.8 Å².